The maximum Gasteiger partial charge on any atom is 0.217 e. The number of benzene rings is 1. The lowest BCUT2D eigenvalue weighted by molar-refractivity contribution is 0.271. The van der Waals surface area contributed by atoms with Gasteiger partial charge in [-0.15, -0.1) is 16.4 Å². The summed E-state index contributed by atoms with van der Waals surface area (Å²) in [4.78, 5) is 11.9. The highest BCUT2D eigenvalue weighted by atomic mass is 32.1. The van der Waals surface area contributed by atoms with Crippen molar-refractivity contribution in [1.29, 1.82) is 0 Å². The molecule has 0 radical (unpaired) electrons. The van der Waals surface area contributed by atoms with Crippen molar-refractivity contribution in [2.75, 3.05) is 0 Å². The molecule has 6 nitrogen and oxygen atoms in total. The van der Waals surface area contributed by atoms with Gasteiger partial charge in [0.1, 0.15) is 29.3 Å². The number of nitrogens with zero attached hydrogens (tertiary/aromatic N) is 4. The largest absolute Gasteiger partial charge is 0.486 e. The highest BCUT2D eigenvalue weighted by Crippen LogP contribution is 2.38. The summed E-state index contributed by atoms with van der Waals surface area (Å²) < 4.78 is 13.5. The van der Waals surface area contributed by atoms with E-state index in [-0.39, 0.29) is 0 Å². The van der Waals surface area contributed by atoms with Crippen LogP contribution < -0.4 is 4.74 Å². The zero-order valence-electron chi connectivity index (χ0n) is 15.9. The maximum absolute atomic E-state index is 5.96. The third kappa shape index (κ3) is 2.81. The smallest absolute Gasteiger partial charge is 0.217 e. The Morgan fingerprint density at radius 2 is 2.17 bits per heavy atom. The molecule has 0 saturated carbocycles. The molecule has 29 heavy (non-hydrogen) atoms. The average molecular weight is 402 g/mol. The zero-order valence-corrected chi connectivity index (χ0v) is 16.7. The predicted molar refractivity (Wildman–Crippen MR) is 111 cm³/mol. The summed E-state index contributed by atoms with van der Waals surface area (Å²) in [5.41, 5.74) is 3.42. The van der Waals surface area contributed by atoms with E-state index in [1.165, 1.54) is 16.9 Å². The van der Waals surface area contributed by atoms with Crippen LogP contribution in [0.3, 0.4) is 0 Å². The van der Waals surface area contributed by atoms with Crippen LogP contribution in [-0.4, -0.2) is 19.6 Å². The van der Waals surface area contributed by atoms with Crippen LogP contribution in [0.15, 0.2) is 47.1 Å². The van der Waals surface area contributed by atoms with E-state index >= 15 is 0 Å². The van der Waals surface area contributed by atoms with Gasteiger partial charge in [0.2, 0.25) is 5.82 Å². The molecule has 1 aliphatic rings. The minimum Gasteiger partial charge on any atom is -0.486 e. The first kappa shape index (κ1) is 16.7. The Balaban J connectivity index is 1.32. The van der Waals surface area contributed by atoms with Gasteiger partial charge in [-0.2, -0.15) is 0 Å². The molecule has 0 spiro atoms. The summed E-state index contributed by atoms with van der Waals surface area (Å²) in [6.45, 7) is 2.41. The standard InChI is InChI=1S/C22H18N4O2S/c1-13-4-2-5-14(10-13)27-11-15-8-9-17(28-15)20-24-21-19-16-6-3-7-18(16)29-22(19)23-12-26(21)25-20/h2,4-5,8-10,12H,3,6-7,11H2,1H3. The molecule has 0 amide bonds. The van der Waals surface area contributed by atoms with Crippen molar-refractivity contribution in [1.82, 2.24) is 19.6 Å². The fourth-order valence-electron chi connectivity index (χ4n) is 3.93. The monoisotopic (exact) mass is 402 g/mol. The van der Waals surface area contributed by atoms with Gasteiger partial charge in [0.25, 0.3) is 0 Å². The normalized spacial score (nSPS) is 13.4. The Kier molecular flexibility index (Phi) is 3.70. The Labute approximate surface area is 170 Å². The number of thiophene rings is 1. The highest BCUT2D eigenvalue weighted by Gasteiger charge is 2.22. The molecule has 7 heteroatoms. The Bertz CT molecular complexity index is 1360. The maximum atomic E-state index is 5.96. The van der Waals surface area contributed by atoms with Crippen LogP contribution in [0.4, 0.5) is 0 Å². The molecule has 0 N–H and O–H groups in total. The summed E-state index contributed by atoms with van der Waals surface area (Å²) in [6, 6.07) is 11.8. The second kappa shape index (κ2) is 6.42. The second-order valence-corrected chi connectivity index (χ2v) is 8.44. The van der Waals surface area contributed by atoms with E-state index in [0.717, 1.165) is 45.8 Å². The van der Waals surface area contributed by atoms with E-state index in [9.17, 15) is 0 Å². The minimum absolute atomic E-state index is 0.362. The molecule has 1 aromatic carbocycles. The summed E-state index contributed by atoms with van der Waals surface area (Å²) in [7, 11) is 0. The van der Waals surface area contributed by atoms with E-state index in [4.69, 9.17) is 14.1 Å². The van der Waals surface area contributed by atoms with Gasteiger partial charge in [-0.1, -0.05) is 12.1 Å². The van der Waals surface area contributed by atoms with Crippen molar-refractivity contribution >= 4 is 27.2 Å². The van der Waals surface area contributed by atoms with Crippen molar-refractivity contribution < 1.29 is 9.15 Å². The van der Waals surface area contributed by atoms with Crippen LogP contribution in [0.25, 0.3) is 27.4 Å². The molecule has 0 unspecified atom stereocenters. The van der Waals surface area contributed by atoms with E-state index in [0.29, 0.717) is 18.2 Å². The van der Waals surface area contributed by atoms with Crippen molar-refractivity contribution in [3.63, 3.8) is 0 Å². The molecule has 5 aromatic rings. The lowest BCUT2D eigenvalue weighted by Crippen LogP contribution is -1.93. The molecule has 0 bridgehead atoms. The number of rotatable bonds is 4. The van der Waals surface area contributed by atoms with Crippen LogP contribution in [0.5, 0.6) is 5.75 Å². The Morgan fingerprint density at radius 1 is 1.21 bits per heavy atom. The molecule has 144 valence electrons. The first-order valence-electron chi connectivity index (χ1n) is 9.69. The molecule has 0 saturated heterocycles. The quantitative estimate of drug-likeness (QED) is 0.424. The van der Waals surface area contributed by atoms with Crippen LogP contribution >= 0.6 is 11.3 Å². The van der Waals surface area contributed by atoms with Crippen LogP contribution in [0, 0.1) is 6.92 Å². The van der Waals surface area contributed by atoms with Gasteiger partial charge in [0.15, 0.2) is 11.4 Å². The van der Waals surface area contributed by atoms with E-state index in [1.54, 1.807) is 22.2 Å². The SMILES string of the molecule is Cc1cccc(OCc2ccc(-c3nc4c5c6c(sc5ncn4n3)CCC6)o2)c1. The number of aryl methyl sites for hydroxylation is 3. The molecule has 0 atom stereocenters. The number of furan rings is 1. The lowest BCUT2D eigenvalue weighted by atomic mass is 10.2. The summed E-state index contributed by atoms with van der Waals surface area (Å²) in [5, 5.41) is 5.75. The Morgan fingerprint density at radius 3 is 3.10 bits per heavy atom. The minimum atomic E-state index is 0.362. The van der Waals surface area contributed by atoms with Crippen molar-refractivity contribution in [3.05, 3.63) is 64.5 Å². The lowest BCUT2D eigenvalue weighted by Gasteiger charge is -2.04. The predicted octanol–water partition coefficient (Wildman–Crippen LogP) is 4.98. The zero-order chi connectivity index (χ0) is 19.4. The molecule has 4 heterocycles. The number of aromatic nitrogens is 4. The van der Waals surface area contributed by atoms with Crippen LogP contribution in [0.2, 0.25) is 0 Å². The Hall–Kier alpha value is -3.19. The van der Waals surface area contributed by atoms with Gasteiger partial charge in [-0.3, -0.25) is 0 Å². The first-order chi connectivity index (χ1) is 14.2. The molecule has 6 rings (SSSR count). The first-order valence-corrected chi connectivity index (χ1v) is 10.5. The fraction of sp³-hybridized carbons (Fsp3) is 0.227. The van der Waals surface area contributed by atoms with Gasteiger partial charge in [-0.05, 0) is 61.6 Å². The molecular weight excluding hydrogens is 384 g/mol. The summed E-state index contributed by atoms with van der Waals surface area (Å²) in [6.07, 6.45) is 5.19. The van der Waals surface area contributed by atoms with E-state index < -0.39 is 0 Å². The van der Waals surface area contributed by atoms with Crippen molar-refractivity contribution in [2.45, 2.75) is 32.8 Å². The molecule has 4 aromatic heterocycles. The van der Waals surface area contributed by atoms with Gasteiger partial charge < -0.3 is 9.15 Å². The summed E-state index contributed by atoms with van der Waals surface area (Å²) in [5.74, 6) is 2.77. The number of hydrogen-bond acceptors (Lipinski definition) is 6. The van der Waals surface area contributed by atoms with Crippen molar-refractivity contribution in [3.8, 4) is 17.3 Å². The number of hydrogen-bond donors (Lipinski definition) is 0. The van der Waals surface area contributed by atoms with Gasteiger partial charge in [0, 0.05) is 4.88 Å². The van der Waals surface area contributed by atoms with Crippen LogP contribution in [-0.2, 0) is 19.4 Å². The molecule has 1 aliphatic carbocycles. The van der Waals surface area contributed by atoms with Gasteiger partial charge in [-0.25, -0.2) is 14.5 Å². The molecular formula is C22H18N4O2S. The molecule has 0 fully saturated rings. The number of fused-ring (bicyclic) bond motifs is 5. The average Bonchev–Trinajstić information content (AvgIpc) is 3.47. The second-order valence-electron chi connectivity index (χ2n) is 7.36. The fourth-order valence-corrected chi connectivity index (χ4v) is 5.16. The molecule has 0 aliphatic heterocycles. The third-order valence-corrected chi connectivity index (χ3v) is 6.49. The van der Waals surface area contributed by atoms with E-state index in [1.807, 2.05) is 43.3 Å². The summed E-state index contributed by atoms with van der Waals surface area (Å²) >= 11 is 1.78. The van der Waals surface area contributed by atoms with Gasteiger partial charge in [0.05, 0.1) is 5.39 Å². The topological polar surface area (TPSA) is 65.5 Å². The highest BCUT2D eigenvalue weighted by molar-refractivity contribution is 7.19. The number of ether oxygens (including phenoxy) is 1. The van der Waals surface area contributed by atoms with Crippen LogP contribution in [0.1, 0.15) is 28.2 Å². The van der Waals surface area contributed by atoms with Crippen molar-refractivity contribution in [2.24, 2.45) is 0 Å². The van der Waals surface area contributed by atoms with E-state index in [2.05, 4.69) is 10.1 Å². The third-order valence-electron chi connectivity index (χ3n) is 5.29. The van der Waals surface area contributed by atoms with Gasteiger partial charge >= 0.3 is 0 Å².